The molecule has 1 N–H and O–H groups in total. The molecule has 0 aliphatic carbocycles. The van der Waals surface area contributed by atoms with E-state index in [0.29, 0.717) is 32.5 Å². The SMILES string of the molecule is CC1CCCN(CCCCNC(=O)C2CCN(C(=O)c3ccc(F)cc3F)CC2)C1. The van der Waals surface area contributed by atoms with E-state index in [2.05, 4.69) is 17.1 Å². The summed E-state index contributed by atoms with van der Waals surface area (Å²) in [4.78, 5) is 28.9. The summed E-state index contributed by atoms with van der Waals surface area (Å²) in [7, 11) is 0. The van der Waals surface area contributed by atoms with Crippen molar-refractivity contribution in [3.05, 3.63) is 35.4 Å². The molecule has 2 aliphatic heterocycles. The van der Waals surface area contributed by atoms with Crippen molar-refractivity contribution in [1.29, 1.82) is 0 Å². The molecule has 0 aromatic heterocycles. The maximum absolute atomic E-state index is 13.8. The molecular weight excluding hydrogens is 388 g/mol. The average Bonchev–Trinajstić information content (AvgIpc) is 2.73. The zero-order chi connectivity index (χ0) is 21.5. The number of likely N-dealkylation sites (tertiary alicyclic amines) is 2. The Hall–Kier alpha value is -2.02. The van der Waals surface area contributed by atoms with Crippen LogP contribution in [0.1, 0.15) is 55.8 Å². The van der Waals surface area contributed by atoms with E-state index in [0.717, 1.165) is 37.4 Å². The summed E-state index contributed by atoms with van der Waals surface area (Å²) >= 11 is 0. The number of nitrogens with one attached hydrogen (secondary N) is 1. The second kappa shape index (κ2) is 10.8. The van der Waals surface area contributed by atoms with Crippen LogP contribution in [-0.4, -0.2) is 60.9 Å². The summed E-state index contributed by atoms with van der Waals surface area (Å²) in [6.45, 7) is 7.27. The number of carbonyl (C=O) groups is 2. The summed E-state index contributed by atoms with van der Waals surface area (Å²) in [5, 5.41) is 3.03. The molecular formula is C23H33F2N3O2. The van der Waals surface area contributed by atoms with Gasteiger partial charge in [0.05, 0.1) is 5.56 Å². The Bertz CT molecular complexity index is 735. The predicted molar refractivity (Wildman–Crippen MR) is 112 cm³/mol. The second-order valence-electron chi connectivity index (χ2n) is 8.74. The van der Waals surface area contributed by atoms with Gasteiger partial charge in [0.1, 0.15) is 11.6 Å². The monoisotopic (exact) mass is 421 g/mol. The van der Waals surface area contributed by atoms with Gasteiger partial charge in [0.15, 0.2) is 0 Å². The third-order valence-electron chi connectivity index (χ3n) is 6.26. The Morgan fingerprint density at radius 1 is 1.10 bits per heavy atom. The van der Waals surface area contributed by atoms with Crippen LogP contribution in [0.5, 0.6) is 0 Å². The quantitative estimate of drug-likeness (QED) is 0.686. The molecule has 166 valence electrons. The predicted octanol–water partition coefficient (Wildman–Crippen LogP) is 3.45. The van der Waals surface area contributed by atoms with Gasteiger partial charge in [-0.3, -0.25) is 9.59 Å². The number of rotatable bonds is 7. The summed E-state index contributed by atoms with van der Waals surface area (Å²) in [6.07, 6.45) is 5.79. The van der Waals surface area contributed by atoms with Crippen molar-refractivity contribution >= 4 is 11.8 Å². The van der Waals surface area contributed by atoms with Gasteiger partial charge in [-0.05, 0) is 69.7 Å². The highest BCUT2D eigenvalue weighted by atomic mass is 19.1. The molecule has 2 fully saturated rings. The van der Waals surface area contributed by atoms with Gasteiger partial charge in [-0.1, -0.05) is 6.92 Å². The van der Waals surface area contributed by atoms with Crippen LogP contribution in [-0.2, 0) is 4.79 Å². The Morgan fingerprint density at radius 3 is 2.57 bits per heavy atom. The second-order valence-corrected chi connectivity index (χ2v) is 8.74. The van der Waals surface area contributed by atoms with Crippen LogP contribution < -0.4 is 5.32 Å². The van der Waals surface area contributed by atoms with E-state index in [1.807, 2.05) is 0 Å². The minimum atomic E-state index is -0.848. The molecule has 7 heteroatoms. The highest BCUT2D eigenvalue weighted by molar-refractivity contribution is 5.94. The van der Waals surface area contributed by atoms with Gasteiger partial charge in [-0.2, -0.15) is 0 Å². The van der Waals surface area contributed by atoms with Crippen LogP contribution in [0.3, 0.4) is 0 Å². The van der Waals surface area contributed by atoms with E-state index in [1.165, 1.54) is 32.0 Å². The number of piperidine rings is 2. The van der Waals surface area contributed by atoms with E-state index in [4.69, 9.17) is 0 Å². The Balaban J connectivity index is 1.33. The van der Waals surface area contributed by atoms with Crippen molar-refractivity contribution in [2.45, 2.75) is 45.4 Å². The molecule has 2 aliphatic rings. The zero-order valence-corrected chi connectivity index (χ0v) is 17.8. The van der Waals surface area contributed by atoms with Gasteiger partial charge >= 0.3 is 0 Å². The van der Waals surface area contributed by atoms with Gasteiger partial charge in [0.2, 0.25) is 5.91 Å². The smallest absolute Gasteiger partial charge is 0.256 e. The number of halogens is 2. The molecule has 1 aromatic carbocycles. The van der Waals surface area contributed by atoms with Crippen molar-refractivity contribution in [3.63, 3.8) is 0 Å². The number of unbranched alkanes of at least 4 members (excludes halogenated alkanes) is 1. The maximum atomic E-state index is 13.8. The Morgan fingerprint density at radius 2 is 1.87 bits per heavy atom. The third-order valence-corrected chi connectivity index (χ3v) is 6.26. The molecule has 1 atom stereocenters. The molecule has 1 unspecified atom stereocenters. The first kappa shape index (κ1) is 22.7. The van der Waals surface area contributed by atoms with E-state index >= 15 is 0 Å². The molecule has 0 spiro atoms. The van der Waals surface area contributed by atoms with Crippen molar-refractivity contribution in [2.75, 3.05) is 39.3 Å². The largest absolute Gasteiger partial charge is 0.356 e. The number of hydrogen-bond donors (Lipinski definition) is 1. The molecule has 5 nitrogen and oxygen atoms in total. The maximum Gasteiger partial charge on any atom is 0.256 e. The van der Waals surface area contributed by atoms with Crippen LogP contribution >= 0.6 is 0 Å². The van der Waals surface area contributed by atoms with Gasteiger partial charge in [0, 0.05) is 38.2 Å². The van der Waals surface area contributed by atoms with E-state index in [-0.39, 0.29) is 17.4 Å². The van der Waals surface area contributed by atoms with Crippen molar-refractivity contribution in [3.8, 4) is 0 Å². The molecule has 2 amide bonds. The summed E-state index contributed by atoms with van der Waals surface area (Å²) in [5.41, 5.74) is -0.123. The van der Waals surface area contributed by atoms with E-state index in [1.54, 1.807) is 4.90 Å². The van der Waals surface area contributed by atoms with E-state index < -0.39 is 17.5 Å². The molecule has 2 saturated heterocycles. The number of carbonyl (C=O) groups excluding carboxylic acids is 2. The molecule has 1 aromatic rings. The molecule has 0 saturated carbocycles. The number of nitrogens with zero attached hydrogens (tertiary/aromatic N) is 2. The van der Waals surface area contributed by atoms with Crippen LogP contribution in [0.2, 0.25) is 0 Å². The summed E-state index contributed by atoms with van der Waals surface area (Å²) in [5.74, 6) is -1.28. The minimum absolute atomic E-state index is 0.0432. The minimum Gasteiger partial charge on any atom is -0.356 e. The molecule has 30 heavy (non-hydrogen) atoms. The summed E-state index contributed by atoms with van der Waals surface area (Å²) < 4.78 is 26.9. The number of amides is 2. The average molecular weight is 422 g/mol. The lowest BCUT2D eigenvalue weighted by atomic mass is 9.95. The van der Waals surface area contributed by atoms with Gasteiger partial charge in [-0.15, -0.1) is 0 Å². The highest BCUT2D eigenvalue weighted by Gasteiger charge is 2.28. The Kier molecular flexibility index (Phi) is 8.19. The lowest BCUT2D eigenvalue weighted by Gasteiger charge is -2.31. The van der Waals surface area contributed by atoms with Gasteiger partial charge < -0.3 is 15.1 Å². The zero-order valence-electron chi connectivity index (χ0n) is 17.8. The fraction of sp³-hybridized carbons (Fsp3) is 0.652. The summed E-state index contributed by atoms with van der Waals surface area (Å²) in [6, 6.07) is 2.98. The van der Waals surface area contributed by atoms with Gasteiger partial charge in [-0.25, -0.2) is 8.78 Å². The molecule has 3 rings (SSSR count). The fourth-order valence-electron chi connectivity index (χ4n) is 4.48. The van der Waals surface area contributed by atoms with Crippen molar-refractivity contribution < 1.29 is 18.4 Å². The highest BCUT2D eigenvalue weighted by Crippen LogP contribution is 2.21. The fourth-order valence-corrected chi connectivity index (χ4v) is 4.48. The first-order valence-corrected chi connectivity index (χ1v) is 11.2. The first-order chi connectivity index (χ1) is 14.4. The topological polar surface area (TPSA) is 52.7 Å². The van der Waals surface area contributed by atoms with E-state index in [9.17, 15) is 18.4 Å². The Labute approximate surface area is 177 Å². The first-order valence-electron chi connectivity index (χ1n) is 11.2. The lowest BCUT2D eigenvalue weighted by Crippen LogP contribution is -2.43. The number of hydrogen-bond acceptors (Lipinski definition) is 3. The third kappa shape index (κ3) is 6.24. The normalized spacial score (nSPS) is 20.9. The van der Waals surface area contributed by atoms with Crippen LogP contribution in [0, 0.1) is 23.5 Å². The molecule has 2 heterocycles. The molecule has 0 radical (unpaired) electrons. The van der Waals surface area contributed by atoms with Crippen molar-refractivity contribution in [1.82, 2.24) is 15.1 Å². The van der Waals surface area contributed by atoms with Crippen LogP contribution in [0.25, 0.3) is 0 Å². The number of benzene rings is 1. The lowest BCUT2D eigenvalue weighted by molar-refractivity contribution is -0.126. The van der Waals surface area contributed by atoms with Crippen molar-refractivity contribution in [2.24, 2.45) is 11.8 Å². The molecule has 0 bridgehead atoms. The van der Waals surface area contributed by atoms with Crippen LogP contribution in [0.15, 0.2) is 18.2 Å². The van der Waals surface area contributed by atoms with Crippen LogP contribution in [0.4, 0.5) is 8.78 Å². The van der Waals surface area contributed by atoms with Gasteiger partial charge in [0.25, 0.3) is 5.91 Å². The standard InChI is InChI=1S/C23H33F2N3O2/c1-17-5-4-12-27(16-17)11-3-2-10-26-22(29)18-8-13-28(14-9-18)23(30)20-7-6-19(24)15-21(20)25/h6-7,15,17-18H,2-5,8-14,16H2,1H3,(H,26,29).